The van der Waals surface area contributed by atoms with Crippen LogP contribution < -0.4 is 16.2 Å². The van der Waals surface area contributed by atoms with Crippen LogP contribution in [0.3, 0.4) is 0 Å². The molecular weight excluding hydrogens is 318 g/mol. The highest BCUT2D eigenvalue weighted by Gasteiger charge is 2.22. The van der Waals surface area contributed by atoms with Gasteiger partial charge in [0.05, 0.1) is 5.75 Å². The smallest absolute Gasteiger partial charge is 0.230 e. The van der Waals surface area contributed by atoms with E-state index in [0.29, 0.717) is 17.8 Å². The van der Waals surface area contributed by atoms with Crippen molar-refractivity contribution in [2.24, 2.45) is 0 Å². The van der Waals surface area contributed by atoms with Crippen LogP contribution in [0.15, 0.2) is 24.3 Å². The van der Waals surface area contributed by atoms with E-state index in [1.165, 1.54) is 0 Å². The zero-order valence-electron chi connectivity index (χ0n) is 13.1. The average Bonchev–Trinajstić information content (AvgIpc) is 2.86. The number of nitrogens with one attached hydrogen (secondary N) is 3. The van der Waals surface area contributed by atoms with Crippen LogP contribution in [0.25, 0.3) is 0 Å². The van der Waals surface area contributed by atoms with E-state index in [0.717, 1.165) is 29.2 Å². The molecule has 3 N–H and O–H groups in total. The maximum atomic E-state index is 12.0. The van der Waals surface area contributed by atoms with Gasteiger partial charge in [-0.3, -0.25) is 15.6 Å². The van der Waals surface area contributed by atoms with E-state index in [2.05, 4.69) is 30.0 Å². The molecule has 1 saturated heterocycles. The first-order valence-electron chi connectivity index (χ1n) is 7.66. The lowest BCUT2D eigenvalue weighted by Crippen LogP contribution is -2.40. The molecule has 1 aromatic rings. The Kier molecular flexibility index (Phi) is 7.02. The highest BCUT2D eigenvalue weighted by atomic mass is 35.5. The predicted octanol–water partition coefficient (Wildman–Crippen LogP) is 2.72. The van der Waals surface area contributed by atoms with Crippen molar-refractivity contribution in [3.63, 3.8) is 0 Å². The SMILES string of the molecule is CC1CC(CC(C)NC(=O)CSCc2ccccc2Cl)NN1. The number of benzene rings is 1. The van der Waals surface area contributed by atoms with Gasteiger partial charge in [0.1, 0.15) is 0 Å². The summed E-state index contributed by atoms with van der Waals surface area (Å²) in [5.41, 5.74) is 7.54. The molecule has 1 heterocycles. The minimum absolute atomic E-state index is 0.0866. The lowest BCUT2D eigenvalue weighted by molar-refractivity contribution is -0.119. The highest BCUT2D eigenvalue weighted by molar-refractivity contribution is 7.99. The third-order valence-electron chi connectivity index (χ3n) is 3.67. The van der Waals surface area contributed by atoms with E-state index in [1.54, 1.807) is 11.8 Å². The number of amides is 1. The Hall–Kier alpha value is -0.750. The molecule has 0 aromatic heterocycles. The zero-order chi connectivity index (χ0) is 15.9. The first-order chi connectivity index (χ1) is 10.5. The maximum Gasteiger partial charge on any atom is 0.230 e. The van der Waals surface area contributed by atoms with E-state index in [4.69, 9.17) is 11.6 Å². The van der Waals surface area contributed by atoms with Crippen molar-refractivity contribution in [1.29, 1.82) is 0 Å². The Bertz CT molecular complexity index is 500. The van der Waals surface area contributed by atoms with Crippen molar-refractivity contribution >= 4 is 29.3 Å². The Morgan fingerprint density at radius 2 is 2.23 bits per heavy atom. The van der Waals surface area contributed by atoms with Crippen molar-refractivity contribution in [2.45, 2.75) is 50.6 Å². The van der Waals surface area contributed by atoms with E-state index in [9.17, 15) is 4.79 Å². The van der Waals surface area contributed by atoms with Gasteiger partial charge in [0.2, 0.25) is 5.91 Å². The quantitative estimate of drug-likeness (QED) is 0.713. The molecule has 1 aliphatic rings. The number of hydrogen-bond donors (Lipinski definition) is 3. The van der Waals surface area contributed by atoms with E-state index in [-0.39, 0.29) is 11.9 Å². The first kappa shape index (κ1) is 17.6. The van der Waals surface area contributed by atoms with Gasteiger partial charge in [0, 0.05) is 28.9 Å². The molecule has 22 heavy (non-hydrogen) atoms. The molecule has 1 fully saturated rings. The minimum Gasteiger partial charge on any atom is -0.353 e. The van der Waals surface area contributed by atoms with Crippen LogP contribution in [-0.2, 0) is 10.5 Å². The number of carbonyl (C=O) groups excluding carboxylic acids is 1. The molecule has 0 spiro atoms. The van der Waals surface area contributed by atoms with Crippen molar-refractivity contribution in [3.05, 3.63) is 34.9 Å². The van der Waals surface area contributed by atoms with Crippen molar-refractivity contribution in [1.82, 2.24) is 16.2 Å². The van der Waals surface area contributed by atoms with Crippen LogP contribution in [0.4, 0.5) is 0 Å². The summed E-state index contributed by atoms with van der Waals surface area (Å²) < 4.78 is 0. The summed E-state index contributed by atoms with van der Waals surface area (Å²) in [7, 11) is 0. The summed E-state index contributed by atoms with van der Waals surface area (Å²) >= 11 is 7.69. The second-order valence-corrected chi connectivity index (χ2v) is 7.30. The van der Waals surface area contributed by atoms with Crippen LogP contribution >= 0.6 is 23.4 Å². The van der Waals surface area contributed by atoms with Gasteiger partial charge in [-0.1, -0.05) is 29.8 Å². The second-order valence-electron chi connectivity index (χ2n) is 5.91. The molecule has 0 saturated carbocycles. The Morgan fingerprint density at radius 3 is 2.91 bits per heavy atom. The van der Waals surface area contributed by atoms with Gasteiger partial charge in [0.15, 0.2) is 0 Å². The maximum absolute atomic E-state index is 12.0. The monoisotopic (exact) mass is 341 g/mol. The first-order valence-corrected chi connectivity index (χ1v) is 9.19. The molecule has 6 heteroatoms. The fourth-order valence-corrected chi connectivity index (χ4v) is 3.76. The number of carbonyl (C=O) groups is 1. The lowest BCUT2D eigenvalue weighted by atomic mass is 10.0. The van der Waals surface area contributed by atoms with E-state index >= 15 is 0 Å². The third kappa shape index (κ3) is 5.80. The van der Waals surface area contributed by atoms with Crippen molar-refractivity contribution < 1.29 is 4.79 Å². The normalized spacial score (nSPS) is 22.5. The van der Waals surface area contributed by atoms with Gasteiger partial charge >= 0.3 is 0 Å². The molecule has 3 atom stereocenters. The number of halogens is 1. The summed E-state index contributed by atoms with van der Waals surface area (Å²) in [5.74, 6) is 1.30. The van der Waals surface area contributed by atoms with Crippen LogP contribution in [0.1, 0.15) is 32.3 Å². The van der Waals surface area contributed by atoms with E-state index in [1.807, 2.05) is 24.3 Å². The highest BCUT2D eigenvalue weighted by Crippen LogP contribution is 2.20. The van der Waals surface area contributed by atoms with Gasteiger partial charge in [-0.2, -0.15) is 0 Å². The molecule has 122 valence electrons. The van der Waals surface area contributed by atoms with E-state index < -0.39 is 0 Å². The number of hydrazine groups is 1. The van der Waals surface area contributed by atoms with Crippen molar-refractivity contribution in [3.8, 4) is 0 Å². The largest absolute Gasteiger partial charge is 0.353 e. The molecule has 0 bridgehead atoms. The predicted molar refractivity (Wildman–Crippen MR) is 94.0 cm³/mol. The molecule has 1 aliphatic heterocycles. The van der Waals surface area contributed by atoms with Crippen molar-refractivity contribution in [2.75, 3.05) is 5.75 Å². The number of thioether (sulfide) groups is 1. The Balaban J connectivity index is 1.64. The summed E-state index contributed by atoms with van der Waals surface area (Å²) in [6.07, 6.45) is 2.04. The molecule has 1 amide bonds. The van der Waals surface area contributed by atoms with Crippen LogP contribution in [-0.4, -0.2) is 29.8 Å². The minimum atomic E-state index is 0.0866. The van der Waals surface area contributed by atoms with Crippen LogP contribution in [0, 0.1) is 0 Å². The van der Waals surface area contributed by atoms with Gasteiger partial charge < -0.3 is 5.32 Å². The lowest BCUT2D eigenvalue weighted by Gasteiger charge is -2.17. The van der Waals surface area contributed by atoms with Gasteiger partial charge in [-0.05, 0) is 38.3 Å². The van der Waals surface area contributed by atoms with Crippen LogP contribution in [0.5, 0.6) is 0 Å². The Labute approximate surface area is 141 Å². The average molecular weight is 342 g/mol. The summed E-state index contributed by atoms with van der Waals surface area (Å²) in [4.78, 5) is 12.0. The topological polar surface area (TPSA) is 53.2 Å². The number of hydrogen-bond acceptors (Lipinski definition) is 4. The second kappa shape index (κ2) is 8.77. The number of rotatable bonds is 7. The summed E-state index contributed by atoms with van der Waals surface area (Å²) in [6, 6.07) is 8.86. The molecule has 4 nitrogen and oxygen atoms in total. The molecule has 0 aliphatic carbocycles. The molecule has 2 rings (SSSR count). The van der Waals surface area contributed by atoms with Gasteiger partial charge in [0.25, 0.3) is 0 Å². The zero-order valence-corrected chi connectivity index (χ0v) is 14.6. The third-order valence-corrected chi connectivity index (χ3v) is 5.02. The van der Waals surface area contributed by atoms with Gasteiger partial charge in [-0.15, -0.1) is 11.8 Å². The summed E-state index contributed by atoms with van der Waals surface area (Å²) in [5, 5.41) is 3.82. The summed E-state index contributed by atoms with van der Waals surface area (Å²) in [6.45, 7) is 4.21. The molecule has 1 aromatic carbocycles. The van der Waals surface area contributed by atoms with Gasteiger partial charge in [-0.25, -0.2) is 0 Å². The molecule has 3 unspecified atom stereocenters. The fraction of sp³-hybridized carbons (Fsp3) is 0.562. The standard InChI is InChI=1S/C16H24ClN3OS/c1-11(7-14-8-12(2)19-20-14)18-16(21)10-22-9-13-5-3-4-6-15(13)17/h3-6,11-12,14,19-20H,7-10H2,1-2H3,(H,18,21). The molecular formula is C16H24ClN3OS. The fourth-order valence-electron chi connectivity index (χ4n) is 2.63. The van der Waals surface area contributed by atoms with Crippen LogP contribution in [0.2, 0.25) is 5.02 Å². The Morgan fingerprint density at radius 1 is 1.45 bits per heavy atom. The molecule has 0 radical (unpaired) electrons.